The number of ether oxygens (including phenoxy) is 2. The predicted molar refractivity (Wildman–Crippen MR) is 124 cm³/mol. The van der Waals surface area contributed by atoms with E-state index in [0.29, 0.717) is 34.9 Å². The molecule has 0 bridgehead atoms. The molecular weight excluding hydrogens is 406 g/mol. The molecule has 1 aliphatic heterocycles. The van der Waals surface area contributed by atoms with Crippen LogP contribution >= 0.6 is 0 Å². The van der Waals surface area contributed by atoms with Crippen molar-refractivity contribution >= 4 is 23.2 Å². The van der Waals surface area contributed by atoms with E-state index < -0.39 is 0 Å². The first-order valence-corrected chi connectivity index (χ1v) is 10.4. The minimum absolute atomic E-state index is 0.148. The van der Waals surface area contributed by atoms with Crippen molar-refractivity contribution in [2.24, 2.45) is 0 Å². The van der Waals surface area contributed by atoms with E-state index in [1.54, 1.807) is 30.3 Å². The normalized spacial score (nSPS) is 11.7. The Bertz CT molecular complexity index is 1130. The van der Waals surface area contributed by atoms with Gasteiger partial charge in [0, 0.05) is 37.6 Å². The molecule has 4 rings (SSSR count). The molecule has 2 amide bonds. The van der Waals surface area contributed by atoms with Crippen molar-refractivity contribution in [3.05, 3.63) is 83.4 Å². The van der Waals surface area contributed by atoms with Crippen LogP contribution in [-0.2, 0) is 6.42 Å². The molecule has 0 unspecified atom stereocenters. The molecule has 164 valence electrons. The quantitative estimate of drug-likeness (QED) is 0.596. The number of hydrogen-bond acceptors (Lipinski definition) is 5. The van der Waals surface area contributed by atoms with Crippen molar-refractivity contribution < 1.29 is 19.1 Å². The summed E-state index contributed by atoms with van der Waals surface area (Å²) < 4.78 is 10.6. The lowest BCUT2D eigenvalue weighted by atomic mass is 10.1. The van der Waals surface area contributed by atoms with Gasteiger partial charge in [-0.3, -0.25) is 9.59 Å². The largest absolute Gasteiger partial charge is 0.454 e. The maximum Gasteiger partial charge on any atom is 0.255 e. The molecule has 0 radical (unpaired) electrons. The number of hydrogen-bond donors (Lipinski definition) is 2. The minimum Gasteiger partial charge on any atom is -0.454 e. The standard InChI is InChI=1S/C25H25N3O4/c1-28(2)21-10-9-19(27-24(29)18-8-11-22-23(14-18)32-16-31-22)15-20(21)25(30)26-13-12-17-6-4-3-5-7-17/h3-11,14-15H,12-13,16H2,1-2H3,(H,26,30)(H,27,29). The summed E-state index contributed by atoms with van der Waals surface area (Å²) in [7, 11) is 3.75. The van der Waals surface area contributed by atoms with E-state index in [4.69, 9.17) is 9.47 Å². The number of benzene rings is 3. The summed E-state index contributed by atoms with van der Waals surface area (Å²) in [5.41, 5.74) is 3.39. The van der Waals surface area contributed by atoms with Gasteiger partial charge < -0.3 is 25.0 Å². The number of nitrogens with zero attached hydrogens (tertiary/aromatic N) is 1. The molecule has 0 saturated carbocycles. The molecule has 1 aliphatic rings. The SMILES string of the molecule is CN(C)c1ccc(NC(=O)c2ccc3c(c2)OCO3)cc1C(=O)NCCc1ccccc1. The van der Waals surface area contributed by atoms with Gasteiger partial charge >= 0.3 is 0 Å². The van der Waals surface area contributed by atoms with E-state index in [0.717, 1.165) is 17.7 Å². The second-order valence-corrected chi connectivity index (χ2v) is 7.64. The highest BCUT2D eigenvalue weighted by molar-refractivity contribution is 6.06. The molecule has 7 nitrogen and oxygen atoms in total. The fourth-order valence-corrected chi connectivity index (χ4v) is 3.49. The zero-order chi connectivity index (χ0) is 22.5. The fourth-order valence-electron chi connectivity index (χ4n) is 3.49. The highest BCUT2D eigenvalue weighted by atomic mass is 16.7. The van der Waals surface area contributed by atoms with Gasteiger partial charge in [-0.25, -0.2) is 0 Å². The molecule has 1 heterocycles. The van der Waals surface area contributed by atoms with Crippen LogP contribution in [0.15, 0.2) is 66.7 Å². The van der Waals surface area contributed by atoms with Gasteiger partial charge in [0.05, 0.1) is 5.56 Å². The average Bonchev–Trinajstić information content (AvgIpc) is 3.27. The Hall–Kier alpha value is -4.00. The smallest absolute Gasteiger partial charge is 0.255 e. The molecule has 7 heteroatoms. The van der Waals surface area contributed by atoms with Crippen molar-refractivity contribution in [1.29, 1.82) is 0 Å². The van der Waals surface area contributed by atoms with E-state index in [1.807, 2.05) is 55.4 Å². The topological polar surface area (TPSA) is 79.9 Å². The number of rotatable bonds is 7. The Morgan fingerprint density at radius 3 is 2.47 bits per heavy atom. The summed E-state index contributed by atoms with van der Waals surface area (Å²) in [6.07, 6.45) is 0.740. The van der Waals surface area contributed by atoms with Gasteiger partial charge in [0.15, 0.2) is 11.5 Å². The van der Waals surface area contributed by atoms with Gasteiger partial charge in [-0.1, -0.05) is 30.3 Å². The minimum atomic E-state index is -0.295. The molecular formula is C25H25N3O4. The molecule has 0 spiro atoms. The monoisotopic (exact) mass is 431 g/mol. The Balaban J connectivity index is 1.47. The maximum atomic E-state index is 12.9. The third kappa shape index (κ3) is 4.83. The van der Waals surface area contributed by atoms with Crippen LogP contribution in [0.3, 0.4) is 0 Å². The number of anilines is 2. The Morgan fingerprint density at radius 2 is 1.69 bits per heavy atom. The molecule has 0 aliphatic carbocycles. The van der Waals surface area contributed by atoms with E-state index >= 15 is 0 Å². The lowest BCUT2D eigenvalue weighted by Crippen LogP contribution is -2.28. The van der Waals surface area contributed by atoms with Gasteiger partial charge in [0.25, 0.3) is 11.8 Å². The summed E-state index contributed by atoms with van der Waals surface area (Å²) in [6, 6.07) is 20.3. The second-order valence-electron chi connectivity index (χ2n) is 7.64. The molecule has 3 aromatic carbocycles. The third-order valence-corrected chi connectivity index (χ3v) is 5.16. The summed E-state index contributed by atoms with van der Waals surface area (Å²) in [5.74, 6) is 0.672. The first-order valence-electron chi connectivity index (χ1n) is 10.4. The Labute approximate surface area is 187 Å². The molecule has 0 saturated heterocycles. The summed E-state index contributed by atoms with van der Waals surface area (Å²) in [5, 5.41) is 5.83. The zero-order valence-corrected chi connectivity index (χ0v) is 18.1. The predicted octanol–water partition coefficient (Wildman–Crippen LogP) is 3.71. The number of amides is 2. The van der Waals surface area contributed by atoms with E-state index in [-0.39, 0.29) is 18.6 Å². The van der Waals surface area contributed by atoms with Crippen LogP contribution in [0.2, 0.25) is 0 Å². The van der Waals surface area contributed by atoms with Crippen LogP contribution in [-0.4, -0.2) is 39.2 Å². The van der Waals surface area contributed by atoms with Crippen molar-refractivity contribution in [3.8, 4) is 11.5 Å². The maximum absolute atomic E-state index is 12.9. The van der Waals surface area contributed by atoms with E-state index in [2.05, 4.69) is 10.6 Å². The van der Waals surface area contributed by atoms with Gasteiger partial charge in [-0.15, -0.1) is 0 Å². The van der Waals surface area contributed by atoms with Crippen LogP contribution in [0.25, 0.3) is 0 Å². The summed E-state index contributed by atoms with van der Waals surface area (Å²) in [4.78, 5) is 27.5. The van der Waals surface area contributed by atoms with Gasteiger partial charge in [0.1, 0.15) is 0 Å². The van der Waals surface area contributed by atoms with E-state index in [1.165, 1.54) is 0 Å². The van der Waals surface area contributed by atoms with Crippen LogP contribution < -0.4 is 25.0 Å². The molecule has 0 aromatic heterocycles. The molecule has 2 N–H and O–H groups in total. The summed E-state index contributed by atoms with van der Waals surface area (Å²) in [6.45, 7) is 0.665. The number of nitrogens with one attached hydrogen (secondary N) is 2. The van der Waals surface area contributed by atoms with Crippen LogP contribution in [0.4, 0.5) is 11.4 Å². The Morgan fingerprint density at radius 1 is 0.906 bits per heavy atom. The highest BCUT2D eigenvalue weighted by Crippen LogP contribution is 2.32. The zero-order valence-electron chi connectivity index (χ0n) is 18.1. The third-order valence-electron chi connectivity index (χ3n) is 5.16. The first kappa shape index (κ1) is 21.2. The lowest BCUT2D eigenvalue weighted by molar-refractivity contribution is 0.0953. The highest BCUT2D eigenvalue weighted by Gasteiger charge is 2.18. The van der Waals surface area contributed by atoms with Gasteiger partial charge in [-0.05, 0) is 48.4 Å². The number of carbonyl (C=O) groups is 2. The van der Waals surface area contributed by atoms with E-state index in [9.17, 15) is 9.59 Å². The number of fused-ring (bicyclic) bond motifs is 1. The van der Waals surface area contributed by atoms with Crippen molar-refractivity contribution in [2.45, 2.75) is 6.42 Å². The van der Waals surface area contributed by atoms with Crippen molar-refractivity contribution in [2.75, 3.05) is 37.6 Å². The molecule has 32 heavy (non-hydrogen) atoms. The van der Waals surface area contributed by atoms with Gasteiger partial charge in [-0.2, -0.15) is 0 Å². The summed E-state index contributed by atoms with van der Waals surface area (Å²) >= 11 is 0. The Kier molecular flexibility index (Phi) is 6.26. The van der Waals surface area contributed by atoms with Crippen molar-refractivity contribution in [1.82, 2.24) is 5.32 Å². The van der Waals surface area contributed by atoms with Crippen LogP contribution in [0.1, 0.15) is 26.3 Å². The van der Waals surface area contributed by atoms with Crippen LogP contribution in [0, 0.1) is 0 Å². The average molecular weight is 431 g/mol. The lowest BCUT2D eigenvalue weighted by Gasteiger charge is -2.18. The fraction of sp³-hybridized carbons (Fsp3) is 0.200. The van der Waals surface area contributed by atoms with Crippen LogP contribution in [0.5, 0.6) is 11.5 Å². The van der Waals surface area contributed by atoms with Crippen molar-refractivity contribution in [3.63, 3.8) is 0 Å². The molecule has 0 fully saturated rings. The van der Waals surface area contributed by atoms with Gasteiger partial charge in [0.2, 0.25) is 6.79 Å². The molecule has 0 atom stereocenters. The first-order chi connectivity index (χ1) is 15.5. The second kappa shape index (κ2) is 9.43. The molecule has 3 aromatic rings. The number of carbonyl (C=O) groups excluding carboxylic acids is 2.